The van der Waals surface area contributed by atoms with Gasteiger partial charge in [0.05, 0.1) is 4.88 Å². The maximum atomic E-state index is 11.9. The summed E-state index contributed by atoms with van der Waals surface area (Å²) in [4.78, 5) is 12.7. The van der Waals surface area contributed by atoms with Gasteiger partial charge in [0.15, 0.2) is 0 Å². The van der Waals surface area contributed by atoms with Gasteiger partial charge in [-0.1, -0.05) is 31.5 Å². The van der Waals surface area contributed by atoms with Crippen LogP contribution in [-0.4, -0.2) is 12.5 Å². The minimum atomic E-state index is 0.00981. The van der Waals surface area contributed by atoms with Crippen molar-refractivity contribution in [3.05, 3.63) is 51.7 Å². The Kier molecular flexibility index (Phi) is 5.81. The largest absolute Gasteiger partial charge is 0.489 e. The number of benzene rings is 1. The van der Waals surface area contributed by atoms with Gasteiger partial charge in [-0.3, -0.25) is 4.79 Å². The van der Waals surface area contributed by atoms with Gasteiger partial charge in [0.25, 0.3) is 5.91 Å². The molecule has 0 spiro atoms. The summed E-state index contributed by atoms with van der Waals surface area (Å²) in [6.45, 7) is 5.36. The maximum absolute atomic E-state index is 11.9. The third-order valence-electron chi connectivity index (χ3n) is 3.18. The van der Waals surface area contributed by atoms with Crippen molar-refractivity contribution in [2.45, 2.75) is 33.3 Å². The van der Waals surface area contributed by atoms with Crippen LogP contribution in [0.25, 0.3) is 0 Å². The third-order valence-corrected chi connectivity index (χ3v) is 4.16. The molecular weight excluding hydrogens is 282 g/mol. The van der Waals surface area contributed by atoms with Gasteiger partial charge < -0.3 is 10.1 Å². The van der Waals surface area contributed by atoms with E-state index in [1.165, 1.54) is 11.3 Å². The normalized spacial score (nSPS) is 10.4. The zero-order valence-corrected chi connectivity index (χ0v) is 13.3. The lowest BCUT2D eigenvalue weighted by Crippen LogP contribution is -2.23. The van der Waals surface area contributed by atoms with E-state index in [1.807, 2.05) is 42.6 Å². The monoisotopic (exact) mass is 303 g/mol. The predicted octanol–water partition coefficient (Wildman–Crippen LogP) is 4.17. The van der Waals surface area contributed by atoms with Gasteiger partial charge in [0.1, 0.15) is 12.4 Å². The van der Waals surface area contributed by atoms with Crippen LogP contribution >= 0.6 is 11.3 Å². The number of ether oxygens (including phenoxy) is 1. The molecule has 0 fully saturated rings. The minimum Gasteiger partial charge on any atom is -0.489 e. The van der Waals surface area contributed by atoms with E-state index >= 15 is 0 Å². The first-order chi connectivity index (χ1) is 10.2. The zero-order chi connectivity index (χ0) is 15.1. The highest BCUT2D eigenvalue weighted by Crippen LogP contribution is 2.20. The molecular formula is C17H21NO2S. The molecule has 21 heavy (non-hydrogen) atoms. The predicted molar refractivity (Wildman–Crippen MR) is 87.1 cm³/mol. The molecule has 0 saturated carbocycles. The summed E-state index contributed by atoms with van der Waals surface area (Å²) in [5, 5.41) is 4.91. The Labute approximate surface area is 130 Å². The summed E-state index contributed by atoms with van der Waals surface area (Å²) < 4.78 is 5.79. The van der Waals surface area contributed by atoms with Gasteiger partial charge in [-0.2, -0.15) is 0 Å². The van der Waals surface area contributed by atoms with Gasteiger partial charge in [-0.25, -0.2) is 0 Å². The topological polar surface area (TPSA) is 38.3 Å². The van der Waals surface area contributed by atoms with Crippen molar-refractivity contribution in [3.63, 3.8) is 0 Å². The highest BCUT2D eigenvalue weighted by Gasteiger charge is 2.09. The molecule has 1 aromatic heterocycles. The minimum absolute atomic E-state index is 0.00981. The Hall–Kier alpha value is -1.81. The molecule has 0 aliphatic rings. The van der Waals surface area contributed by atoms with Crippen molar-refractivity contribution in [1.29, 1.82) is 0 Å². The van der Waals surface area contributed by atoms with Crippen molar-refractivity contribution < 1.29 is 9.53 Å². The van der Waals surface area contributed by atoms with Gasteiger partial charge in [-0.05, 0) is 36.4 Å². The van der Waals surface area contributed by atoms with Crippen LogP contribution in [0.15, 0.2) is 35.7 Å². The average Bonchev–Trinajstić information content (AvgIpc) is 2.95. The molecule has 2 aromatic rings. The number of hydrogen-bond donors (Lipinski definition) is 1. The summed E-state index contributed by atoms with van der Waals surface area (Å²) in [6.07, 6.45) is 2.10. The van der Waals surface area contributed by atoms with E-state index in [1.54, 1.807) is 0 Å². The SMILES string of the molecule is CCCCNC(=O)c1cc(COc2ccccc2C)cs1. The Bertz CT molecular complexity index is 592. The number of rotatable bonds is 7. The summed E-state index contributed by atoms with van der Waals surface area (Å²) in [6, 6.07) is 9.84. The number of para-hydroxylation sites is 1. The second kappa shape index (κ2) is 7.84. The molecule has 4 heteroatoms. The van der Waals surface area contributed by atoms with Gasteiger partial charge in [0.2, 0.25) is 0 Å². The van der Waals surface area contributed by atoms with Gasteiger partial charge in [0, 0.05) is 12.1 Å². The number of amides is 1. The Balaban J connectivity index is 1.88. The third kappa shape index (κ3) is 4.60. The molecule has 0 bridgehead atoms. The number of unbranched alkanes of at least 4 members (excludes halogenated alkanes) is 1. The Morgan fingerprint density at radius 2 is 2.14 bits per heavy atom. The fraction of sp³-hybridized carbons (Fsp3) is 0.353. The van der Waals surface area contributed by atoms with Crippen molar-refractivity contribution in [1.82, 2.24) is 5.32 Å². The van der Waals surface area contributed by atoms with Crippen molar-refractivity contribution >= 4 is 17.2 Å². The number of carbonyl (C=O) groups excluding carboxylic acids is 1. The Morgan fingerprint density at radius 1 is 1.33 bits per heavy atom. The Morgan fingerprint density at radius 3 is 2.90 bits per heavy atom. The molecule has 0 unspecified atom stereocenters. The van der Waals surface area contributed by atoms with Crippen molar-refractivity contribution in [2.75, 3.05) is 6.54 Å². The van der Waals surface area contributed by atoms with E-state index in [4.69, 9.17) is 4.74 Å². The molecule has 1 heterocycles. The van der Waals surface area contributed by atoms with Crippen LogP contribution in [0.3, 0.4) is 0 Å². The number of aryl methyl sites for hydroxylation is 1. The molecule has 3 nitrogen and oxygen atoms in total. The van der Waals surface area contributed by atoms with Crippen LogP contribution in [0.5, 0.6) is 5.75 Å². The molecule has 0 atom stereocenters. The van der Waals surface area contributed by atoms with Crippen LogP contribution in [-0.2, 0) is 6.61 Å². The van der Waals surface area contributed by atoms with Crippen LogP contribution in [0.1, 0.15) is 40.6 Å². The number of hydrogen-bond acceptors (Lipinski definition) is 3. The lowest BCUT2D eigenvalue weighted by molar-refractivity contribution is 0.0957. The first-order valence-corrected chi connectivity index (χ1v) is 8.12. The van der Waals surface area contributed by atoms with Crippen LogP contribution < -0.4 is 10.1 Å². The second-order valence-electron chi connectivity index (χ2n) is 4.98. The number of carbonyl (C=O) groups is 1. The standard InChI is InChI=1S/C17H21NO2S/c1-3-4-9-18-17(19)16-10-14(12-21-16)11-20-15-8-6-5-7-13(15)2/h5-8,10,12H,3-4,9,11H2,1-2H3,(H,18,19). The molecule has 1 N–H and O–H groups in total. The zero-order valence-electron chi connectivity index (χ0n) is 12.5. The lowest BCUT2D eigenvalue weighted by Gasteiger charge is -2.07. The molecule has 0 radical (unpaired) electrons. The average molecular weight is 303 g/mol. The second-order valence-corrected chi connectivity index (χ2v) is 5.89. The lowest BCUT2D eigenvalue weighted by atomic mass is 10.2. The molecule has 0 saturated heterocycles. The molecule has 1 amide bonds. The molecule has 0 aliphatic carbocycles. The molecule has 2 rings (SSSR count). The first-order valence-electron chi connectivity index (χ1n) is 7.24. The van der Waals surface area contributed by atoms with Gasteiger partial charge >= 0.3 is 0 Å². The van der Waals surface area contributed by atoms with E-state index < -0.39 is 0 Å². The summed E-state index contributed by atoms with van der Waals surface area (Å²) in [7, 11) is 0. The first kappa shape index (κ1) is 15.6. The smallest absolute Gasteiger partial charge is 0.261 e. The molecule has 0 aliphatic heterocycles. The summed E-state index contributed by atoms with van der Waals surface area (Å²) >= 11 is 1.46. The number of thiophene rings is 1. The van der Waals surface area contributed by atoms with E-state index in [9.17, 15) is 4.79 Å². The quantitative estimate of drug-likeness (QED) is 0.780. The van der Waals surface area contributed by atoms with Crippen molar-refractivity contribution in [3.8, 4) is 5.75 Å². The molecule has 1 aromatic carbocycles. The maximum Gasteiger partial charge on any atom is 0.261 e. The summed E-state index contributed by atoms with van der Waals surface area (Å²) in [5.41, 5.74) is 2.15. The van der Waals surface area contributed by atoms with E-state index in [0.717, 1.165) is 41.1 Å². The number of nitrogens with one attached hydrogen (secondary N) is 1. The van der Waals surface area contributed by atoms with E-state index in [0.29, 0.717) is 6.61 Å². The van der Waals surface area contributed by atoms with Crippen LogP contribution in [0.4, 0.5) is 0 Å². The fourth-order valence-electron chi connectivity index (χ4n) is 1.92. The van der Waals surface area contributed by atoms with Gasteiger partial charge in [-0.15, -0.1) is 11.3 Å². The highest BCUT2D eigenvalue weighted by molar-refractivity contribution is 7.12. The highest BCUT2D eigenvalue weighted by atomic mass is 32.1. The van der Waals surface area contributed by atoms with Crippen molar-refractivity contribution in [2.24, 2.45) is 0 Å². The van der Waals surface area contributed by atoms with E-state index in [2.05, 4.69) is 12.2 Å². The molecule has 112 valence electrons. The van der Waals surface area contributed by atoms with Crippen LogP contribution in [0, 0.1) is 6.92 Å². The van der Waals surface area contributed by atoms with Crippen LogP contribution in [0.2, 0.25) is 0 Å². The fourth-order valence-corrected chi connectivity index (χ4v) is 2.73. The van der Waals surface area contributed by atoms with E-state index in [-0.39, 0.29) is 5.91 Å². The summed E-state index contributed by atoms with van der Waals surface area (Å²) in [5.74, 6) is 0.897.